The number of rotatable bonds is 6. The molecule has 0 atom stereocenters. The molecule has 0 N–H and O–H groups in total. The highest BCUT2D eigenvalue weighted by atomic mass is 15.0. The third-order valence-electron chi connectivity index (χ3n) is 8.67. The molecular formula is C47H31N3. The number of benzene rings is 8. The molecule has 0 bridgehead atoms. The first-order valence-corrected chi connectivity index (χ1v) is 16.1. The first kappa shape index (κ1) is 21.3. The zero-order valence-electron chi connectivity index (χ0n) is 35.5. The summed E-state index contributed by atoms with van der Waals surface area (Å²) in [4.78, 5) is 14.6. The summed E-state index contributed by atoms with van der Waals surface area (Å²) in [5.74, 6) is 0.315. The average molecular weight is 647 g/mol. The van der Waals surface area contributed by atoms with Gasteiger partial charge in [-0.2, -0.15) is 0 Å². The number of fused-ring (bicyclic) bond motifs is 2. The fourth-order valence-electron chi connectivity index (χ4n) is 6.19. The monoisotopic (exact) mass is 646 g/mol. The maximum absolute atomic E-state index is 9.38. The lowest BCUT2D eigenvalue weighted by atomic mass is 9.97. The molecule has 9 aromatic rings. The molecule has 0 aliphatic heterocycles. The van der Waals surface area contributed by atoms with E-state index in [0.717, 1.165) is 43.8 Å². The lowest BCUT2D eigenvalue weighted by Crippen LogP contribution is -2.01. The Bertz CT molecular complexity index is 3140. The lowest BCUT2D eigenvalue weighted by molar-refractivity contribution is 1.08. The van der Waals surface area contributed by atoms with Gasteiger partial charge in [0.1, 0.15) is 0 Å². The Morgan fingerprint density at radius 1 is 0.340 bits per heavy atom. The van der Waals surface area contributed by atoms with Crippen molar-refractivity contribution in [2.24, 2.45) is 0 Å². The van der Waals surface area contributed by atoms with Crippen LogP contribution in [0.1, 0.15) is 12.3 Å². The van der Waals surface area contributed by atoms with E-state index in [1.54, 1.807) is 0 Å². The van der Waals surface area contributed by atoms with Gasteiger partial charge in [0.05, 0.1) is 12.3 Å². The van der Waals surface area contributed by atoms with E-state index < -0.39 is 59.9 Å². The fourth-order valence-corrected chi connectivity index (χ4v) is 6.19. The summed E-state index contributed by atoms with van der Waals surface area (Å²) in [6.07, 6.45) is 0. The van der Waals surface area contributed by atoms with Crippen LogP contribution in [0, 0.1) is 0 Å². The van der Waals surface area contributed by atoms with Gasteiger partial charge in [-0.1, -0.05) is 164 Å². The van der Waals surface area contributed by atoms with Gasteiger partial charge in [0.2, 0.25) is 0 Å². The van der Waals surface area contributed by atoms with Crippen molar-refractivity contribution in [1.29, 1.82) is 0 Å². The number of aromatic nitrogens is 3. The Labute approximate surface area is 303 Å². The standard InChI is InChI=1S/C47H31N3/c1-3-12-32(13-4-1)35-18-9-20-41(30-35)45-48-46(50-47(49-45)44-23-11-17-34-16-7-8-22-43(34)44)42-21-10-19-36(31-42)38-26-27-39-28-37(24-25-40(39)29-38)33-14-5-2-6-15-33/h1-31H/i1D,3D,4D,9D,12D,13D,18D,20D,30D. The van der Waals surface area contributed by atoms with Crippen LogP contribution in [0.4, 0.5) is 0 Å². The molecule has 0 amide bonds. The third-order valence-corrected chi connectivity index (χ3v) is 8.67. The zero-order valence-corrected chi connectivity index (χ0v) is 26.5. The second-order valence-electron chi connectivity index (χ2n) is 11.8. The highest BCUT2D eigenvalue weighted by Crippen LogP contribution is 2.33. The molecule has 9 rings (SSSR count). The van der Waals surface area contributed by atoms with Crippen molar-refractivity contribution in [3.8, 4) is 67.5 Å². The van der Waals surface area contributed by atoms with Crippen LogP contribution in [0.3, 0.4) is 0 Å². The van der Waals surface area contributed by atoms with E-state index in [4.69, 9.17) is 25.9 Å². The van der Waals surface area contributed by atoms with Crippen molar-refractivity contribution in [2.75, 3.05) is 0 Å². The van der Waals surface area contributed by atoms with Crippen LogP contribution in [0.5, 0.6) is 0 Å². The highest BCUT2D eigenvalue weighted by Gasteiger charge is 2.15. The summed E-state index contributed by atoms with van der Waals surface area (Å²) in [6, 6.07) is 38.6. The molecule has 8 aromatic carbocycles. The molecule has 0 aliphatic rings. The van der Waals surface area contributed by atoms with Gasteiger partial charge in [-0.15, -0.1) is 0 Å². The van der Waals surface area contributed by atoms with Gasteiger partial charge >= 0.3 is 0 Å². The Kier molecular flexibility index (Phi) is 5.42. The Morgan fingerprint density at radius 3 is 1.74 bits per heavy atom. The van der Waals surface area contributed by atoms with Gasteiger partial charge in [-0.05, 0) is 79.2 Å². The van der Waals surface area contributed by atoms with Gasteiger partial charge in [-0.25, -0.2) is 15.0 Å². The van der Waals surface area contributed by atoms with Crippen LogP contribution < -0.4 is 0 Å². The minimum Gasteiger partial charge on any atom is -0.208 e. The molecule has 0 fully saturated rings. The third kappa shape index (κ3) is 5.72. The van der Waals surface area contributed by atoms with Crippen molar-refractivity contribution in [3.63, 3.8) is 0 Å². The van der Waals surface area contributed by atoms with Crippen LogP contribution in [0.25, 0.3) is 89.1 Å². The molecule has 1 aromatic heterocycles. The topological polar surface area (TPSA) is 38.7 Å². The molecule has 0 saturated carbocycles. The molecule has 0 unspecified atom stereocenters. The minimum absolute atomic E-state index is 0.139. The van der Waals surface area contributed by atoms with Crippen molar-refractivity contribution in [3.05, 3.63) is 188 Å². The Morgan fingerprint density at radius 2 is 0.920 bits per heavy atom. The average Bonchev–Trinajstić information content (AvgIpc) is 3.27. The second-order valence-corrected chi connectivity index (χ2v) is 11.8. The fraction of sp³-hybridized carbons (Fsp3) is 0. The van der Waals surface area contributed by atoms with Gasteiger partial charge in [0.15, 0.2) is 17.5 Å². The van der Waals surface area contributed by atoms with Gasteiger partial charge < -0.3 is 0 Å². The van der Waals surface area contributed by atoms with Crippen molar-refractivity contribution < 1.29 is 12.3 Å². The van der Waals surface area contributed by atoms with Gasteiger partial charge in [0, 0.05) is 16.7 Å². The SMILES string of the molecule is [2H]c1c([2H])c([2H])c(-c2c([2H])c([2H])c([2H])c(-c3nc(-c4cccc(-c5ccc6cc(-c7ccccc7)ccc6c5)c4)nc(-c4cccc5ccccc45)n3)c2[2H])c([2H])c1[2H]. The molecule has 0 aliphatic carbocycles. The molecule has 1 heterocycles. The highest BCUT2D eigenvalue weighted by molar-refractivity contribution is 5.95. The second kappa shape index (κ2) is 12.7. The van der Waals surface area contributed by atoms with Crippen molar-refractivity contribution >= 4 is 21.5 Å². The van der Waals surface area contributed by atoms with E-state index in [9.17, 15) is 1.37 Å². The first-order chi connectivity index (χ1) is 28.5. The maximum Gasteiger partial charge on any atom is 0.164 e. The number of hydrogen-bond acceptors (Lipinski definition) is 3. The van der Waals surface area contributed by atoms with E-state index in [2.05, 4.69) is 48.5 Å². The molecule has 3 nitrogen and oxygen atoms in total. The normalized spacial score (nSPS) is 13.7. The quantitative estimate of drug-likeness (QED) is 0.180. The molecule has 0 radical (unpaired) electrons. The molecular weight excluding hydrogens is 607 g/mol. The largest absolute Gasteiger partial charge is 0.208 e. The summed E-state index contributed by atoms with van der Waals surface area (Å²) < 4.78 is 77.9. The summed E-state index contributed by atoms with van der Waals surface area (Å²) in [7, 11) is 0. The minimum atomic E-state index is -0.647. The summed E-state index contributed by atoms with van der Waals surface area (Å²) in [5.41, 5.74) is 4.35. The Balaban J connectivity index is 1.24. The van der Waals surface area contributed by atoms with E-state index >= 15 is 0 Å². The molecule has 0 spiro atoms. The predicted molar refractivity (Wildman–Crippen MR) is 207 cm³/mol. The van der Waals surface area contributed by atoms with Crippen LogP contribution >= 0.6 is 0 Å². The van der Waals surface area contributed by atoms with E-state index in [0.29, 0.717) is 11.1 Å². The summed E-state index contributed by atoms with van der Waals surface area (Å²) in [5, 5.41) is 3.94. The molecule has 50 heavy (non-hydrogen) atoms. The summed E-state index contributed by atoms with van der Waals surface area (Å²) in [6.45, 7) is 0. The van der Waals surface area contributed by atoms with Crippen LogP contribution in [0.2, 0.25) is 0 Å². The predicted octanol–water partition coefficient (Wildman–Crippen LogP) is 12.2. The molecule has 3 heteroatoms. The van der Waals surface area contributed by atoms with Crippen molar-refractivity contribution in [1.82, 2.24) is 15.0 Å². The first-order valence-electron chi connectivity index (χ1n) is 20.6. The molecule has 234 valence electrons. The number of hydrogen-bond donors (Lipinski definition) is 0. The van der Waals surface area contributed by atoms with Crippen molar-refractivity contribution in [2.45, 2.75) is 0 Å². The molecule has 0 saturated heterocycles. The van der Waals surface area contributed by atoms with E-state index in [-0.39, 0.29) is 28.6 Å². The maximum atomic E-state index is 9.38. The van der Waals surface area contributed by atoms with Crippen LogP contribution in [-0.4, -0.2) is 15.0 Å². The Hall–Kier alpha value is -6.71. The lowest BCUT2D eigenvalue weighted by Gasteiger charge is -2.12. The number of nitrogens with zero attached hydrogens (tertiary/aromatic N) is 3. The summed E-state index contributed by atoms with van der Waals surface area (Å²) >= 11 is 0. The van der Waals surface area contributed by atoms with Crippen LogP contribution in [0.15, 0.2) is 188 Å². The van der Waals surface area contributed by atoms with Crippen LogP contribution in [-0.2, 0) is 0 Å². The van der Waals surface area contributed by atoms with Gasteiger partial charge in [-0.3, -0.25) is 0 Å². The van der Waals surface area contributed by atoms with E-state index in [1.165, 1.54) is 0 Å². The smallest absolute Gasteiger partial charge is 0.164 e. The zero-order chi connectivity index (χ0) is 41.1. The van der Waals surface area contributed by atoms with Gasteiger partial charge in [0.25, 0.3) is 0 Å². The van der Waals surface area contributed by atoms with E-state index in [1.807, 2.05) is 84.9 Å².